The van der Waals surface area contributed by atoms with Gasteiger partial charge in [-0.3, -0.25) is 9.59 Å². The Hall–Kier alpha value is -1.89. The monoisotopic (exact) mass is 299 g/mol. The molecule has 1 aromatic rings. The highest BCUT2D eigenvalue weighted by Gasteiger charge is 2.26. The van der Waals surface area contributed by atoms with E-state index in [2.05, 4.69) is 5.32 Å². The molecule has 1 unspecified atom stereocenters. The van der Waals surface area contributed by atoms with Gasteiger partial charge in [-0.15, -0.1) is 0 Å². The molecule has 7 heteroatoms. The van der Waals surface area contributed by atoms with Crippen LogP contribution in [0, 0.1) is 0 Å². The lowest BCUT2D eigenvalue weighted by Crippen LogP contribution is -2.39. The third kappa shape index (κ3) is 3.36. The molecule has 0 saturated heterocycles. The number of amides is 1. The minimum Gasteiger partial charge on any atom is -0.480 e. The van der Waals surface area contributed by atoms with Crippen LogP contribution in [0.5, 0.6) is 0 Å². The number of rotatable bonds is 5. The summed E-state index contributed by atoms with van der Waals surface area (Å²) < 4.78 is 24.4. The van der Waals surface area contributed by atoms with E-state index in [1.165, 1.54) is 45.0 Å². The Labute approximate surface area is 117 Å². The maximum absolute atomic E-state index is 12.2. The molecule has 0 aliphatic heterocycles. The Kier molecular flexibility index (Phi) is 4.88. The average Bonchev–Trinajstić information content (AvgIpc) is 2.38. The molecule has 0 aliphatic rings. The second kappa shape index (κ2) is 6.04. The van der Waals surface area contributed by atoms with Crippen molar-refractivity contribution in [3.05, 3.63) is 29.8 Å². The minimum absolute atomic E-state index is 0.0469. The number of carboxylic acids is 1. The van der Waals surface area contributed by atoms with Gasteiger partial charge in [-0.05, 0) is 32.9 Å². The number of carbonyl (C=O) groups is 2. The molecule has 0 radical (unpaired) electrons. The van der Waals surface area contributed by atoms with Crippen LogP contribution in [0.4, 0.5) is 0 Å². The van der Waals surface area contributed by atoms with Crippen LogP contribution >= 0.6 is 0 Å². The van der Waals surface area contributed by atoms with Crippen molar-refractivity contribution in [1.29, 1.82) is 0 Å². The van der Waals surface area contributed by atoms with Gasteiger partial charge in [0.1, 0.15) is 6.04 Å². The zero-order chi connectivity index (χ0) is 15.5. The van der Waals surface area contributed by atoms with Gasteiger partial charge in [-0.2, -0.15) is 0 Å². The first-order valence-electron chi connectivity index (χ1n) is 6.04. The fourth-order valence-electron chi connectivity index (χ4n) is 1.49. The van der Waals surface area contributed by atoms with E-state index >= 15 is 0 Å². The molecule has 0 aliphatic carbocycles. The summed E-state index contributed by atoms with van der Waals surface area (Å²) in [5.74, 6) is -1.91. The molecular formula is C13H17NO5S. The van der Waals surface area contributed by atoms with Gasteiger partial charge < -0.3 is 10.4 Å². The van der Waals surface area contributed by atoms with Crippen LogP contribution in [0.1, 0.15) is 31.1 Å². The van der Waals surface area contributed by atoms with Crippen molar-refractivity contribution < 1.29 is 23.1 Å². The largest absolute Gasteiger partial charge is 0.480 e. The van der Waals surface area contributed by atoms with Gasteiger partial charge in [0.2, 0.25) is 0 Å². The molecule has 2 N–H and O–H groups in total. The molecule has 0 saturated carbocycles. The summed E-state index contributed by atoms with van der Waals surface area (Å²) >= 11 is 0. The van der Waals surface area contributed by atoms with Crippen LogP contribution in [0.2, 0.25) is 0 Å². The number of benzene rings is 1. The predicted octanol–water partition coefficient (Wildman–Crippen LogP) is 1.07. The van der Waals surface area contributed by atoms with Crippen molar-refractivity contribution >= 4 is 21.7 Å². The summed E-state index contributed by atoms with van der Waals surface area (Å²) in [7, 11) is -3.62. The van der Waals surface area contributed by atoms with Crippen molar-refractivity contribution in [3.63, 3.8) is 0 Å². The number of nitrogens with one attached hydrogen (secondary N) is 1. The van der Waals surface area contributed by atoms with E-state index in [9.17, 15) is 18.0 Å². The first-order valence-corrected chi connectivity index (χ1v) is 7.59. The van der Waals surface area contributed by atoms with Crippen LogP contribution in [0.25, 0.3) is 0 Å². The molecule has 0 bridgehead atoms. The van der Waals surface area contributed by atoms with E-state index in [0.29, 0.717) is 0 Å². The number of carbonyl (C=O) groups excluding carboxylic acids is 1. The summed E-state index contributed by atoms with van der Waals surface area (Å²) in [6.07, 6.45) is 0. The van der Waals surface area contributed by atoms with Gasteiger partial charge in [0.15, 0.2) is 9.84 Å². The fourth-order valence-corrected chi connectivity index (χ4v) is 2.74. The molecule has 0 aromatic heterocycles. The highest BCUT2D eigenvalue weighted by Crippen LogP contribution is 2.20. The van der Waals surface area contributed by atoms with E-state index in [-0.39, 0.29) is 10.5 Å². The van der Waals surface area contributed by atoms with Gasteiger partial charge in [-0.1, -0.05) is 12.1 Å². The maximum atomic E-state index is 12.2. The Morgan fingerprint density at radius 1 is 1.15 bits per heavy atom. The van der Waals surface area contributed by atoms with Crippen molar-refractivity contribution in [3.8, 4) is 0 Å². The minimum atomic E-state index is -3.62. The van der Waals surface area contributed by atoms with E-state index in [1.807, 2.05) is 0 Å². The lowest BCUT2D eigenvalue weighted by Gasteiger charge is -2.14. The summed E-state index contributed by atoms with van der Waals surface area (Å²) in [4.78, 5) is 22.6. The van der Waals surface area contributed by atoms with Gasteiger partial charge in [0.05, 0.1) is 15.7 Å². The first kappa shape index (κ1) is 16.2. The highest BCUT2D eigenvalue weighted by atomic mass is 32.2. The third-order valence-electron chi connectivity index (χ3n) is 2.78. The normalized spacial score (nSPS) is 13.0. The van der Waals surface area contributed by atoms with E-state index < -0.39 is 33.0 Å². The molecule has 0 heterocycles. The zero-order valence-corrected chi connectivity index (χ0v) is 12.3. The second-order valence-corrected chi connectivity index (χ2v) is 7.10. The molecule has 1 amide bonds. The van der Waals surface area contributed by atoms with E-state index in [0.717, 1.165) is 0 Å². The molecule has 1 rings (SSSR count). The van der Waals surface area contributed by atoms with Crippen molar-refractivity contribution in [1.82, 2.24) is 5.32 Å². The molecule has 0 fully saturated rings. The number of sulfone groups is 1. The van der Waals surface area contributed by atoms with Crippen LogP contribution in [0.15, 0.2) is 29.2 Å². The first-order chi connectivity index (χ1) is 9.17. The van der Waals surface area contributed by atoms with Crippen molar-refractivity contribution in [2.45, 2.75) is 37.0 Å². The Balaban J connectivity index is 3.21. The lowest BCUT2D eigenvalue weighted by atomic mass is 10.2. The Morgan fingerprint density at radius 2 is 1.70 bits per heavy atom. The van der Waals surface area contributed by atoms with Crippen LogP contribution < -0.4 is 5.32 Å². The smallest absolute Gasteiger partial charge is 0.325 e. The van der Waals surface area contributed by atoms with Gasteiger partial charge in [0.25, 0.3) is 5.91 Å². The number of hydrogen-bond acceptors (Lipinski definition) is 4. The SMILES string of the molecule is CC(NC(=O)c1ccccc1S(=O)(=O)C(C)C)C(=O)O. The summed E-state index contributed by atoms with van der Waals surface area (Å²) in [6, 6.07) is 4.65. The third-order valence-corrected chi connectivity index (χ3v) is 4.99. The number of hydrogen-bond donors (Lipinski definition) is 2. The van der Waals surface area contributed by atoms with Crippen LogP contribution in [-0.2, 0) is 14.6 Å². The quantitative estimate of drug-likeness (QED) is 0.847. The highest BCUT2D eigenvalue weighted by molar-refractivity contribution is 7.92. The molecule has 6 nitrogen and oxygen atoms in total. The maximum Gasteiger partial charge on any atom is 0.325 e. The van der Waals surface area contributed by atoms with Crippen LogP contribution in [0.3, 0.4) is 0 Å². The van der Waals surface area contributed by atoms with Crippen LogP contribution in [-0.4, -0.2) is 36.7 Å². The van der Waals surface area contributed by atoms with Crippen molar-refractivity contribution in [2.24, 2.45) is 0 Å². The molecule has 1 atom stereocenters. The predicted molar refractivity (Wildman–Crippen MR) is 73.3 cm³/mol. The number of carboxylic acid groups (broad SMARTS) is 1. The summed E-state index contributed by atoms with van der Waals surface area (Å²) in [5, 5.41) is 10.3. The standard InChI is InChI=1S/C13H17NO5S/c1-8(2)20(18,19)11-7-5-4-6-10(11)12(15)14-9(3)13(16)17/h4-9H,1-3H3,(H,14,15)(H,16,17). The van der Waals surface area contributed by atoms with Gasteiger partial charge in [0, 0.05) is 0 Å². The van der Waals surface area contributed by atoms with Crippen molar-refractivity contribution in [2.75, 3.05) is 0 Å². The molecular weight excluding hydrogens is 282 g/mol. The molecule has 20 heavy (non-hydrogen) atoms. The average molecular weight is 299 g/mol. The fraction of sp³-hybridized carbons (Fsp3) is 0.385. The zero-order valence-electron chi connectivity index (χ0n) is 11.5. The topological polar surface area (TPSA) is 101 Å². The van der Waals surface area contributed by atoms with E-state index in [1.54, 1.807) is 0 Å². The molecule has 110 valence electrons. The van der Waals surface area contributed by atoms with Gasteiger partial charge in [-0.25, -0.2) is 8.42 Å². The van der Waals surface area contributed by atoms with E-state index in [4.69, 9.17) is 5.11 Å². The molecule has 1 aromatic carbocycles. The summed E-state index contributed by atoms with van der Waals surface area (Å²) in [5.41, 5.74) is -0.0469. The number of aliphatic carboxylic acids is 1. The Bertz CT molecular complexity index is 621. The Morgan fingerprint density at radius 3 is 2.20 bits per heavy atom. The lowest BCUT2D eigenvalue weighted by molar-refractivity contribution is -0.138. The second-order valence-electron chi connectivity index (χ2n) is 4.62. The van der Waals surface area contributed by atoms with Gasteiger partial charge >= 0.3 is 5.97 Å². The summed E-state index contributed by atoms with van der Waals surface area (Å²) in [6.45, 7) is 4.34. The molecule has 0 spiro atoms.